The van der Waals surface area contributed by atoms with Gasteiger partial charge in [-0.3, -0.25) is 15.4 Å². The van der Waals surface area contributed by atoms with Crippen LogP contribution < -0.4 is 22.7 Å². The normalized spacial score (nSPS) is 12.1. The molecule has 0 radical (unpaired) electrons. The standard InChI is InChI=1S/C11H13BrF2N6/c12-6-1-4-9(18)20(5-6)10(19)11(13,14)7(15)2-3-8(16)17/h1-5,18-19H,15-17H2/b7-2-,18-9?,19-10?. The molecule has 0 aliphatic heterocycles. The molecule has 9 heteroatoms. The third kappa shape index (κ3) is 3.44. The lowest BCUT2D eigenvalue weighted by Gasteiger charge is -2.19. The maximum Gasteiger partial charge on any atom is 0.343 e. The van der Waals surface area contributed by atoms with Crippen LogP contribution in [-0.4, -0.2) is 16.3 Å². The van der Waals surface area contributed by atoms with Gasteiger partial charge in [-0.2, -0.15) is 8.78 Å². The highest BCUT2D eigenvalue weighted by molar-refractivity contribution is 9.10. The first-order chi connectivity index (χ1) is 9.16. The van der Waals surface area contributed by atoms with Crippen LogP contribution in [0.5, 0.6) is 0 Å². The van der Waals surface area contributed by atoms with Crippen LogP contribution in [0.1, 0.15) is 0 Å². The number of aromatic nitrogens is 1. The fourth-order valence-corrected chi connectivity index (χ4v) is 1.58. The molecule has 8 N–H and O–H groups in total. The fourth-order valence-electron chi connectivity index (χ4n) is 1.24. The van der Waals surface area contributed by atoms with Crippen molar-refractivity contribution in [1.29, 1.82) is 10.8 Å². The lowest BCUT2D eigenvalue weighted by Crippen LogP contribution is -2.42. The van der Waals surface area contributed by atoms with E-state index in [1.807, 2.05) is 0 Å². The highest BCUT2D eigenvalue weighted by Crippen LogP contribution is 2.22. The van der Waals surface area contributed by atoms with Crippen molar-refractivity contribution in [3.63, 3.8) is 0 Å². The van der Waals surface area contributed by atoms with Crippen LogP contribution in [0.25, 0.3) is 0 Å². The minimum atomic E-state index is -3.77. The van der Waals surface area contributed by atoms with E-state index < -0.39 is 17.5 Å². The number of hydrogen-bond acceptors (Lipinski definition) is 5. The topological polar surface area (TPSA) is 131 Å². The molecule has 0 saturated carbocycles. The number of hydrogen-bond donors (Lipinski definition) is 5. The summed E-state index contributed by atoms with van der Waals surface area (Å²) in [6.07, 6.45) is 3.01. The van der Waals surface area contributed by atoms with Gasteiger partial charge >= 0.3 is 5.92 Å². The van der Waals surface area contributed by atoms with E-state index in [9.17, 15) is 8.78 Å². The molecule has 1 rings (SSSR count). The summed E-state index contributed by atoms with van der Waals surface area (Å²) in [4.78, 5) is 0. The largest absolute Gasteiger partial charge is 0.397 e. The van der Waals surface area contributed by atoms with Gasteiger partial charge in [0, 0.05) is 10.7 Å². The molecular formula is C11H13BrF2N6. The Bertz CT molecular complexity index is 643. The number of nitrogens with one attached hydrogen (secondary N) is 2. The van der Waals surface area contributed by atoms with Gasteiger partial charge in [0.1, 0.15) is 5.49 Å². The van der Waals surface area contributed by atoms with E-state index in [-0.39, 0.29) is 11.3 Å². The van der Waals surface area contributed by atoms with Gasteiger partial charge in [-0.05, 0) is 40.2 Å². The first kappa shape index (κ1) is 15.9. The molecular weight excluding hydrogens is 334 g/mol. The predicted octanol–water partition coefficient (Wildman–Crippen LogP) is 0.792. The number of allylic oxidation sites excluding steroid dienone is 3. The predicted molar refractivity (Wildman–Crippen MR) is 74.8 cm³/mol. The number of halogens is 3. The lowest BCUT2D eigenvalue weighted by molar-refractivity contribution is 0.113. The molecule has 0 spiro atoms. The highest BCUT2D eigenvalue weighted by atomic mass is 79.9. The number of nitrogens with two attached hydrogens (primary N) is 3. The molecule has 0 amide bonds. The zero-order valence-corrected chi connectivity index (χ0v) is 11.8. The third-order valence-corrected chi connectivity index (χ3v) is 2.74. The first-order valence-electron chi connectivity index (χ1n) is 5.25. The molecule has 0 fully saturated rings. The second kappa shape index (κ2) is 5.87. The second-order valence-corrected chi connectivity index (χ2v) is 4.73. The summed E-state index contributed by atoms with van der Waals surface area (Å²) in [5.41, 5.74) is 14.3. The smallest absolute Gasteiger partial charge is 0.343 e. The van der Waals surface area contributed by atoms with Gasteiger partial charge in [-0.15, -0.1) is 0 Å². The molecule has 6 nitrogen and oxygen atoms in total. The SMILES string of the molecule is N=C(n1cc(Br)ccc1=N)C(F)(F)/C(N)=C/C=C(N)N. The molecule has 1 heterocycles. The minimum absolute atomic E-state index is 0.188. The minimum Gasteiger partial charge on any atom is -0.397 e. The molecule has 0 atom stereocenters. The van der Waals surface area contributed by atoms with Crippen LogP contribution in [0.2, 0.25) is 0 Å². The molecule has 0 saturated heterocycles. The van der Waals surface area contributed by atoms with Gasteiger partial charge in [0.05, 0.1) is 11.5 Å². The van der Waals surface area contributed by atoms with Gasteiger partial charge in [0.15, 0.2) is 5.84 Å². The first-order valence-corrected chi connectivity index (χ1v) is 6.04. The maximum atomic E-state index is 14.0. The molecule has 1 aromatic heterocycles. The highest BCUT2D eigenvalue weighted by Gasteiger charge is 2.39. The van der Waals surface area contributed by atoms with Gasteiger partial charge in [0.2, 0.25) is 0 Å². The Hall–Kier alpha value is -2.16. The lowest BCUT2D eigenvalue weighted by atomic mass is 10.2. The molecule has 0 aliphatic rings. The molecule has 108 valence electrons. The summed E-state index contributed by atoms with van der Waals surface area (Å²) in [6.45, 7) is 0. The van der Waals surface area contributed by atoms with Gasteiger partial charge < -0.3 is 17.2 Å². The van der Waals surface area contributed by atoms with Crippen LogP contribution in [0, 0.1) is 10.8 Å². The van der Waals surface area contributed by atoms with Crippen molar-refractivity contribution in [2.45, 2.75) is 5.92 Å². The van der Waals surface area contributed by atoms with Crippen LogP contribution in [0.3, 0.4) is 0 Å². The number of pyridine rings is 1. The van der Waals surface area contributed by atoms with Crippen LogP contribution in [0.4, 0.5) is 8.78 Å². The van der Waals surface area contributed by atoms with E-state index in [1.165, 1.54) is 18.3 Å². The number of nitrogens with zero attached hydrogens (tertiary/aromatic N) is 1. The van der Waals surface area contributed by atoms with E-state index >= 15 is 0 Å². The van der Waals surface area contributed by atoms with Gasteiger partial charge in [0.25, 0.3) is 0 Å². The van der Waals surface area contributed by atoms with E-state index in [2.05, 4.69) is 15.9 Å². The Morgan fingerprint density at radius 3 is 2.40 bits per heavy atom. The van der Waals surface area contributed by atoms with Crippen molar-refractivity contribution in [2.24, 2.45) is 17.2 Å². The van der Waals surface area contributed by atoms with Crippen molar-refractivity contribution >= 4 is 21.8 Å². The monoisotopic (exact) mass is 346 g/mol. The average molecular weight is 347 g/mol. The van der Waals surface area contributed by atoms with E-state index in [4.69, 9.17) is 28.0 Å². The Balaban J connectivity index is 3.24. The zero-order valence-electron chi connectivity index (χ0n) is 10.2. The maximum absolute atomic E-state index is 14.0. The quantitative estimate of drug-likeness (QED) is 0.315. The summed E-state index contributed by atoms with van der Waals surface area (Å²) in [6, 6.07) is 2.77. The zero-order chi connectivity index (χ0) is 15.5. The van der Waals surface area contributed by atoms with E-state index in [1.54, 1.807) is 0 Å². The van der Waals surface area contributed by atoms with Crippen molar-refractivity contribution < 1.29 is 8.78 Å². The Kier molecular flexibility index (Phi) is 4.66. The van der Waals surface area contributed by atoms with Crippen molar-refractivity contribution in [1.82, 2.24) is 4.57 Å². The number of alkyl halides is 2. The van der Waals surface area contributed by atoms with E-state index in [0.29, 0.717) is 9.04 Å². The van der Waals surface area contributed by atoms with E-state index in [0.717, 1.165) is 12.2 Å². The Morgan fingerprint density at radius 1 is 1.25 bits per heavy atom. The molecule has 0 bridgehead atoms. The molecule has 0 aliphatic carbocycles. The molecule has 0 unspecified atom stereocenters. The van der Waals surface area contributed by atoms with Crippen molar-refractivity contribution in [3.05, 3.63) is 52.0 Å². The summed E-state index contributed by atoms with van der Waals surface area (Å²) in [5, 5.41) is 15.1. The Morgan fingerprint density at radius 2 is 1.85 bits per heavy atom. The van der Waals surface area contributed by atoms with Crippen molar-refractivity contribution in [3.8, 4) is 0 Å². The summed E-state index contributed by atoms with van der Waals surface area (Å²) in [5.74, 6) is -5.11. The van der Waals surface area contributed by atoms with Gasteiger partial charge in [-0.1, -0.05) is 0 Å². The molecule has 20 heavy (non-hydrogen) atoms. The van der Waals surface area contributed by atoms with Crippen LogP contribution in [0.15, 0.2) is 46.5 Å². The fraction of sp³-hybridized carbons (Fsp3) is 0.0909. The molecule has 0 aromatic carbocycles. The summed E-state index contributed by atoms with van der Waals surface area (Å²) < 4.78 is 29.2. The summed E-state index contributed by atoms with van der Waals surface area (Å²) >= 11 is 3.08. The third-order valence-electron chi connectivity index (χ3n) is 2.27. The Labute approximate surface area is 121 Å². The van der Waals surface area contributed by atoms with Crippen LogP contribution >= 0.6 is 15.9 Å². The summed E-state index contributed by atoms with van der Waals surface area (Å²) in [7, 11) is 0. The van der Waals surface area contributed by atoms with Crippen LogP contribution in [-0.2, 0) is 0 Å². The van der Waals surface area contributed by atoms with Crippen molar-refractivity contribution in [2.75, 3.05) is 0 Å². The number of rotatable bonds is 3. The average Bonchev–Trinajstić information content (AvgIpc) is 2.37. The van der Waals surface area contributed by atoms with Gasteiger partial charge in [-0.25, -0.2) is 0 Å². The second-order valence-electron chi connectivity index (χ2n) is 3.81. The molecule has 1 aromatic rings.